The number of nitrogens with zero attached hydrogens (tertiary/aromatic N) is 1. The fourth-order valence-corrected chi connectivity index (χ4v) is 4.11. The van der Waals surface area contributed by atoms with Gasteiger partial charge in [-0.25, -0.2) is 0 Å². The van der Waals surface area contributed by atoms with Crippen LogP contribution in [-0.2, 0) is 6.54 Å². The second-order valence-electron chi connectivity index (χ2n) is 8.17. The van der Waals surface area contributed by atoms with Crippen LogP contribution < -0.4 is 5.32 Å². The highest BCUT2D eigenvalue weighted by Gasteiger charge is 2.17. The zero-order valence-corrected chi connectivity index (χ0v) is 15.8. The number of hydrogen-bond donors (Lipinski definition) is 1. The Hall–Kier alpha value is -1.35. The van der Waals surface area contributed by atoms with E-state index < -0.39 is 0 Å². The van der Waals surface area contributed by atoms with Gasteiger partial charge in [0.1, 0.15) is 0 Å². The molecule has 138 valence electrons. The fraction of sp³-hybridized carbons (Fsp3) is 0.682. The molecule has 2 fully saturated rings. The molecule has 0 aromatic heterocycles. The van der Waals surface area contributed by atoms with Gasteiger partial charge in [0.25, 0.3) is 5.91 Å². The molecular formula is C22H34N2O. The summed E-state index contributed by atoms with van der Waals surface area (Å²) >= 11 is 0. The van der Waals surface area contributed by atoms with Gasteiger partial charge in [-0.3, -0.25) is 9.69 Å². The van der Waals surface area contributed by atoms with E-state index in [0.29, 0.717) is 6.04 Å². The smallest absolute Gasteiger partial charge is 0.251 e. The zero-order valence-electron chi connectivity index (χ0n) is 15.8. The molecule has 0 bridgehead atoms. The summed E-state index contributed by atoms with van der Waals surface area (Å²) in [5.41, 5.74) is 2.12. The van der Waals surface area contributed by atoms with Crippen molar-refractivity contribution in [2.75, 3.05) is 13.1 Å². The maximum Gasteiger partial charge on any atom is 0.251 e. The van der Waals surface area contributed by atoms with Crippen molar-refractivity contribution in [1.29, 1.82) is 0 Å². The van der Waals surface area contributed by atoms with Crippen LogP contribution in [0.2, 0.25) is 0 Å². The van der Waals surface area contributed by atoms with E-state index in [1.807, 2.05) is 12.1 Å². The molecule has 25 heavy (non-hydrogen) atoms. The van der Waals surface area contributed by atoms with Crippen LogP contribution in [0.4, 0.5) is 0 Å². The molecule has 1 aromatic carbocycles. The predicted octanol–water partition coefficient (Wildman–Crippen LogP) is 4.76. The summed E-state index contributed by atoms with van der Waals surface area (Å²) < 4.78 is 0. The maximum atomic E-state index is 12.5. The zero-order chi connectivity index (χ0) is 17.5. The molecule has 1 aliphatic carbocycles. The number of carbonyl (C=O) groups excluding carboxylic acids is 1. The Labute approximate surface area is 153 Å². The van der Waals surface area contributed by atoms with E-state index in [2.05, 4.69) is 29.3 Å². The number of amides is 1. The van der Waals surface area contributed by atoms with Crippen LogP contribution in [0.5, 0.6) is 0 Å². The van der Waals surface area contributed by atoms with Crippen LogP contribution in [-0.4, -0.2) is 29.9 Å². The van der Waals surface area contributed by atoms with Crippen LogP contribution in [0.25, 0.3) is 0 Å². The summed E-state index contributed by atoms with van der Waals surface area (Å²) in [6.45, 7) is 5.76. The van der Waals surface area contributed by atoms with Crippen molar-refractivity contribution in [3.8, 4) is 0 Å². The molecule has 1 N–H and O–H groups in total. The summed E-state index contributed by atoms with van der Waals surface area (Å²) in [5.74, 6) is 0.972. The van der Waals surface area contributed by atoms with E-state index >= 15 is 0 Å². The van der Waals surface area contributed by atoms with Crippen molar-refractivity contribution in [1.82, 2.24) is 10.2 Å². The first-order chi connectivity index (χ1) is 12.2. The van der Waals surface area contributed by atoms with E-state index in [4.69, 9.17) is 0 Å². The third kappa shape index (κ3) is 5.85. The molecular weight excluding hydrogens is 308 g/mol. The molecule has 0 radical (unpaired) electrons. The molecule has 0 unspecified atom stereocenters. The highest BCUT2D eigenvalue weighted by Crippen LogP contribution is 2.19. The number of likely N-dealkylation sites (tertiary alicyclic amines) is 1. The second-order valence-corrected chi connectivity index (χ2v) is 8.17. The number of rotatable bonds is 4. The summed E-state index contributed by atoms with van der Waals surface area (Å²) in [4.78, 5) is 15.1. The van der Waals surface area contributed by atoms with Crippen molar-refractivity contribution in [2.24, 2.45) is 5.92 Å². The normalized spacial score (nSPS) is 21.5. The van der Waals surface area contributed by atoms with E-state index in [0.717, 1.165) is 30.9 Å². The topological polar surface area (TPSA) is 32.3 Å². The quantitative estimate of drug-likeness (QED) is 0.855. The van der Waals surface area contributed by atoms with Gasteiger partial charge >= 0.3 is 0 Å². The van der Waals surface area contributed by atoms with Gasteiger partial charge in [0.2, 0.25) is 0 Å². The minimum Gasteiger partial charge on any atom is -0.349 e. The molecule has 1 aromatic rings. The molecule has 2 aliphatic rings. The summed E-state index contributed by atoms with van der Waals surface area (Å²) in [6.07, 6.45) is 11.4. The molecule has 3 rings (SSSR count). The minimum atomic E-state index is 0.101. The van der Waals surface area contributed by atoms with Crippen molar-refractivity contribution in [3.63, 3.8) is 0 Å². The van der Waals surface area contributed by atoms with Gasteiger partial charge < -0.3 is 5.32 Å². The van der Waals surface area contributed by atoms with E-state index in [-0.39, 0.29) is 5.91 Å². The lowest BCUT2D eigenvalue weighted by Crippen LogP contribution is -2.35. The highest BCUT2D eigenvalue weighted by molar-refractivity contribution is 5.94. The van der Waals surface area contributed by atoms with Crippen molar-refractivity contribution in [3.05, 3.63) is 35.4 Å². The third-order valence-electron chi connectivity index (χ3n) is 5.94. The number of piperidine rings is 1. The Bertz CT molecular complexity index is 523. The summed E-state index contributed by atoms with van der Waals surface area (Å²) in [5, 5.41) is 3.26. The van der Waals surface area contributed by atoms with Gasteiger partial charge in [-0.15, -0.1) is 0 Å². The Morgan fingerprint density at radius 1 is 0.960 bits per heavy atom. The first-order valence-electron chi connectivity index (χ1n) is 10.3. The van der Waals surface area contributed by atoms with Gasteiger partial charge in [0.05, 0.1) is 0 Å². The van der Waals surface area contributed by atoms with Crippen LogP contribution in [0.15, 0.2) is 24.3 Å². The lowest BCUT2D eigenvalue weighted by Gasteiger charge is -2.30. The Morgan fingerprint density at radius 3 is 2.20 bits per heavy atom. The predicted molar refractivity (Wildman–Crippen MR) is 104 cm³/mol. The standard InChI is InChI=1S/C22H34N2O/c1-18-13-15-24(16-14-18)17-19-9-11-20(12-10-19)22(25)23-21-7-5-3-2-4-6-8-21/h9-12,18,21H,2-8,13-17H2,1H3,(H,23,25). The van der Waals surface area contributed by atoms with E-state index in [1.165, 1.54) is 63.6 Å². The van der Waals surface area contributed by atoms with E-state index in [1.54, 1.807) is 0 Å². The van der Waals surface area contributed by atoms with Crippen LogP contribution in [0.3, 0.4) is 0 Å². The molecule has 0 atom stereocenters. The Morgan fingerprint density at radius 2 is 1.56 bits per heavy atom. The van der Waals surface area contributed by atoms with Crippen LogP contribution in [0, 0.1) is 5.92 Å². The van der Waals surface area contributed by atoms with Crippen molar-refractivity contribution in [2.45, 2.75) is 77.3 Å². The van der Waals surface area contributed by atoms with Gasteiger partial charge in [-0.2, -0.15) is 0 Å². The molecule has 3 nitrogen and oxygen atoms in total. The first kappa shape index (κ1) is 18.4. The lowest BCUT2D eigenvalue weighted by atomic mass is 9.96. The third-order valence-corrected chi connectivity index (χ3v) is 5.94. The SMILES string of the molecule is CC1CCN(Cc2ccc(C(=O)NC3CCCCCCC3)cc2)CC1. The van der Waals surface area contributed by atoms with Crippen molar-refractivity contribution >= 4 is 5.91 Å². The number of carbonyl (C=O) groups is 1. The molecule has 1 amide bonds. The van der Waals surface area contributed by atoms with Crippen LogP contribution in [0.1, 0.15) is 80.6 Å². The summed E-state index contributed by atoms with van der Waals surface area (Å²) in [6, 6.07) is 8.62. The first-order valence-corrected chi connectivity index (χ1v) is 10.3. The summed E-state index contributed by atoms with van der Waals surface area (Å²) in [7, 11) is 0. The second kappa shape index (κ2) is 9.38. The molecule has 1 heterocycles. The maximum absolute atomic E-state index is 12.5. The molecule has 0 spiro atoms. The van der Waals surface area contributed by atoms with Gasteiger partial charge in [0.15, 0.2) is 0 Å². The lowest BCUT2D eigenvalue weighted by molar-refractivity contribution is 0.0930. The Kier molecular flexibility index (Phi) is 6.92. The average Bonchev–Trinajstić information content (AvgIpc) is 2.60. The number of hydrogen-bond acceptors (Lipinski definition) is 2. The molecule has 3 heteroatoms. The largest absolute Gasteiger partial charge is 0.349 e. The average molecular weight is 343 g/mol. The molecule has 1 aliphatic heterocycles. The van der Waals surface area contributed by atoms with Gasteiger partial charge in [-0.1, -0.05) is 51.2 Å². The Balaban J connectivity index is 1.49. The van der Waals surface area contributed by atoms with Gasteiger partial charge in [-0.05, 0) is 62.4 Å². The highest BCUT2D eigenvalue weighted by atomic mass is 16.1. The fourth-order valence-electron chi connectivity index (χ4n) is 4.11. The van der Waals surface area contributed by atoms with Crippen molar-refractivity contribution < 1.29 is 4.79 Å². The number of nitrogens with one attached hydrogen (secondary N) is 1. The molecule has 1 saturated carbocycles. The van der Waals surface area contributed by atoms with Gasteiger partial charge in [0, 0.05) is 18.2 Å². The molecule has 1 saturated heterocycles. The van der Waals surface area contributed by atoms with Crippen LogP contribution >= 0.6 is 0 Å². The minimum absolute atomic E-state index is 0.101. The monoisotopic (exact) mass is 342 g/mol. The number of benzene rings is 1. The van der Waals surface area contributed by atoms with E-state index in [9.17, 15) is 4.79 Å².